The number of hydrogen-bond donors (Lipinski definition) is 2. The van der Waals surface area contributed by atoms with Gasteiger partial charge in [0.25, 0.3) is 5.91 Å². The van der Waals surface area contributed by atoms with Crippen LogP contribution in [0.25, 0.3) is 11.4 Å². The first-order valence-electron chi connectivity index (χ1n) is 7.20. The maximum Gasteiger partial charge on any atom is 0.255 e. The number of nitrogens with zero attached hydrogens (tertiary/aromatic N) is 4. The molecule has 3 heterocycles. The third-order valence-corrected chi connectivity index (χ3v) is 3.39. The molecule has 0 aliphatic carbocycles. The predicted molar refractivity (Wildman–Crippen MR) is 84.5 cm³/mol. The van der Waals surface area contributed by atoms with Crippen molar-refractivity contribution in [3.63, 3.8) is 0 Å². The van der Waals surface area contributed by atoms with Gasteiger partial charge in [0.1, 0.15) is 5.82 Å². The van der Waals surface area contributed by atoms with E-state index in [4.69, 9.17) is 0 Å². The SMILES string of the molecule is Cc1nccc(C(C)NC(=O)c2cn[nH]c2-c2ccccn2)n1. The number of aromatic amines is 1. The van der Waals surface area contributed by atoms with Gasteiger partial charge in [0.2, 0.25) is 0 Å². The van der Waals surface area contributed by atoms with E-state index in [-0.39, 0.29) is 11.9 Å². The first-order valence-corrected chi connectivity index (χ1v) is 7.20. The molecule has 3 aromatic rings. The minimum absolute atomic E-state index is 0.233. The lowest BCUT2D eigenvalue weighted by molar-refractivity contribution is 0.0939. The zero-order chi connectivity index (χ0) is 16.2. The van der Waals surface area contributed by atoms with E-state index in [1.807, 2.05) is 32.0 Å². The first-order chi connectivity index (χ1) is 11.1. The number of hydrogen-bond acceptors (Lipinski definition) is 5. The lowest BCUT2D eigenvalue weighted by Gasteiger charge is -2.13. The van der Waals surface area contributed by atoms with Crippen LogP contribution in [0.3, 0.4) is 0 Å². The van der Waals surface area contributed by atoms with Gasteiger partial charge >= 0.3 is 0 Å². The lowest BCUT2D eigenvalue weighted by atomic mass is 10.1. The molecule has 1 unspecified atom stereocenters. The van der Waals surface area contributed by atoms with E-state index in [0.29, 0.717) is 22.8 Å². The van der Waals surface area contributed by atoms with Crippen LogP contribution in [0.1, 0.15) is 34.8 Å². The standard InChI is InChI=1S/C16H16N6O/c1-10(13-6-8-17-11(2)21-13)20-16(23)12-9-19-22-15(12)14-5-3-4-7-18-14/h3-10H,1-2H3,(H,19,22)(H,20,23). The molecule has 0 aromatic carbocycles. The molecule has 0 saturated heterocycles. The summed E-state index contributed by atoms with van der Waals surface area (Å²) in [5.41, 5.74) is 2.46. The summed E-state index contributed by atoms with van der Waals surface area (Å²) < 4.78 is 0. The second kappa shape index (κ2) is 6.35. The number of amides is 1. The molecule has 23 heavy (non-hydrogen) atoms. The minimum atomic E-state index is -0.240. The number of aryl methyl sites for hydroxylation is 1. The van der Waals surface area contributed by atoms with Gasteiger partial charge in [-0.05, 0) is 32.0 Å². The van der Waals surface area contributed by atoms with Crippen LogP contribution in [0.5, 0.6) is 0 Å². The molecule has 3 rings (SSSR count). The zero-order valence-corrected chi connectivity index (χ0v) is 12.8. The van der Waals surface area contributed by atoms with Crippen molar-refractivity contribution in [3.05, 3.63) is 59.9 Å². The predicted octanol–water partition coefficient (Wildman–Crippen LogP) is 2.06. The molecule has 1 amide bonds. The lowest BCUT2D eigenvalue weighted by Crippen LogP contribution is -2.27. The molecule has 116 valence electrons. The summed E-state index contributed by atoms with van der Waals surface area (Å²) in [5, 5.41) is 9.71. The minimum Gasteiger partial charge on any atom is -0.344 e. The van der Waals surface area contributed by atoms with Gasteiger partial charge in [-0.3, -0.25) is 14.9 Å². The van der Waals surface area contributed by atoms with E-state index in [1.165, 1.54) is 6.20 Å². The van der Waals surface area contributed by atoms with Crippen molar-refractivity contribution in [1.82, 2.24) is 30.5 Å². The molecule has 0 aliphatic rings. The van der Waals surface area contributed by atoms with E-state index in [2.05, 4.69) is 30.5 Å². The molecule has 0 radical (unpaired) electrons. The Balaban J connectivity index is 1.81. The molecule has 7 nitrogen and oxygen atoms in total. The van der Waals surface area contributed by atoms with Crippen LogP contribution in [0.2, 0.25) is 0 Å². The van der Waals surface area contributed by atoms with Gasteiger partial charge in [0.05, 0.1) is 34.9 Å². The van der Waals surface area contributed by atoms with Gasteiger partial charge in [-0.25, -0.2) is 9.97 Å². The third-order valence-electron chi connectivity index (χ3n) is 3.39. The summed E-state index contributed by atoms with van der Waals surface area (Å²) in [7, 11) is 0. The molecular formula is C16H16N6O. The Labute approximate surface area is 133 Å². The summed E-state index contributed by atoms with van der Waals surface area (Å²) in [5.74, 6) is 0.434. The van der Waals surface area contributed by atoms with E-state index < -0.39 is 0 Å². The topological polar surface area (TPSA) is 96.5 Å². The third kappa shape index (κ3) is 3.23. The number of pyridine rings is 1. The number of nitrogens with one attached hydrogen (secondary N) is 2. The van der Waals surface area contributed by atoms with Crippen LogP contribution in [0.4, 0.5) is 0 Å². The van der Waals surface area contributed by atoms with Gasteiger partial charge in [-0.1, -0.05) is 6.07 Å². The van der Waals surface area contributed by atoms with Gasteiger partial charge in [0.15, 0.2) is 0 Å². The molecular weight excluding hydrogens is 292 g/mol. The summed E-state index contributed by atoms with van der Waals surface area (Å²) >= 11 is 0. The number of carbonyl (C=O) groups excluding carboxylic acids is 1. The maximum absolute atomic E-state index is 12.5. The Morgan fingerprint density at radius 3 is 2.83 bits per heavy atom. The fourth-order valence-electron chi connectivity index (χ4n) is 2.23. The maximum atomic E-state index is 12.5. The highest BCUT2D eigenvalue weighted by atomic mass is 16.1. The highest BCUT2D eigenvalue weighted by Gasteiger charge is 2.18. The molecule has 0 fully saturated rings. The van der Waals surface area contributed by atoms with Crippen molar-refractivity contribution >= 4 is 5.91 Å². The second-order valence-electron chi connectivity index (χ2n) is 5.10. The summed E-state index contributed by atoms with van der Waals surface area (Å²) in [6.45, 7) is 3.69. The van der Waals surface area contributed by atoms with E-state index >= 15 is 0 Å². The quantitative estimate of drug-likeness (QED) is 0.769. The van der Waals surface area contributed by atoms with Crippen LogP contribution < -0.4 is 5.32 Å². The molecule has 0 bridgehead atoms. The normalized spacial score (nSPS) is 11.9. The Morgan fingerprint density at radius 2 is 2.09 bits per heavy atom. The molecule has 3 aromatic heterocycles. The van der Waals surface area contributed by atoms with Crippen molar-refractivity contribution in [2.75, 3.05) is 0 Å². The highest BCUT2D eigenvalue weighted by Crippen LogP contribution is 2.19. The van der Waals surface area contributed by atoms with Gasteiger partial charge < -0.3 is 5.32 Å². The number of rotatable bonds is 4. The Morgan fingerprint density at radius 1 is 1.22 bits per heavy atom. The van der Waals surface area contributed by atoms with E-state index in [9.17, 15) is 4.79 Å². The molecule has 0 aliphatic heterocycles. The Bertz CT molecular complexity index is 814. The molecule has 1 atom stereocenters. The van der Waals surface area contributed by atoms with Gasteiger partial charge in [-0.2, -0.15) is 5.10 Å². The molecule has 0 spiro atoms. The van der Waals surface area contributed by atoms with Crippen molar-refractivity contribution in [2.45, 2.75) is 19.9 Å². The van der Waals surface area contributed by atoms with E-state index in [1.54, 1.807) is 18.5 Å². The number of H-pyrrole nitrogens is 1. The van der Waals surface area contributed by atoms with Crippen molar-refractivity contribution in [1.29, 1.82) is 0 Å². The fourth-order valence-corrected chi connectivity index (χ4v) is 2.23. The van der Waals surface area contributed by atoms with Crippen LogP contribution in [-0.2, 0) is 0 Å². The van der Waals surface area contributed by atoms with Crippen molar-refractivity contribution in [3.8, 4) is 11.4 Å². The van der Waals surface area contributed by atoms with E-state index in [0.717, 1.165) is 5.69 Å². The molecule has 7 heteroatoms. The summed E-state index contributed by atoms with van der Waals surface area (Å²) in [4.78, 5) is 25.2. The second-order valence-corrected chi connectivity index (χ2v) is 5.10. The van der Waals surface area contributed by atoms with Crippen LogP contribution >= 0.6 is 0 Å². The average molecular weight is 308 g/mol. The fraction of sp³-hybridized carbons (Fsp3) is 0.188. The molecule has 2 N–H and O–H groups in total. The van der Waals surface area contributed by atoms with Crippen molar-refractivity contribution in [2.24, 2.45) is 0 Å². The average Bonchev–Trinajstić information content (AvgIpc) is 3.05. The Kier molecular flexibility index (Phi) is 4.09. The van der Waals surface area contributed by atoms with Crippen LogP contribution in [0.15, 0.2) is 42.9 Å². The monoisotopic (exact) mass is 308 g/mol. The largest absolute Gasteiger partial charge is 0.344 e. The van der Waals surface area contributed by atoms with Gasteiger partial charge in [0, 0.05) is 12.4 Å². The number of carbonyl (C=O) groups is 1. The smallest absolute Gasteiger partial charge is 0.255 e. The zero-order valence-electron chi connectivity index (χ0n) is 12.8. The first kappa shape index (κ1) is 14.8. The van der Waals surface area contributed by atoms with Crippen LogP contribution in [-0.4, -0.2) is 31.1 Å². The Hall–Kier alpha value is -3.09. The van der Waals surface area contributed by atoms with Gasteiger partial charge in [-0.15, -0.1) is 0 Å². The summed E-state index contributed by atoms with van der Waals surface area (Å²) in [6.07, 6.45) is 4.85. The molecule has 0 saturated carbocycles. The summed E-state index contributed by atoms with van der Waals surface area (Å²) in [6, 6.07) is 7.04. The number of aromatic nitrogens is 5. The van der Waals surface area contributed by atoms with Crippen molar-refractivity contribution < 1.29 is 4.79 Å². The highest BCUT2D eigenvalue weighted by molar-refractivity contribution is 5.99. The van der Waals surface area contributed by atoms with Crippen LogP contribution in [0, 0.1) is 6.92 Å².